The lowest BCUT2D eigenvalue weighted by atomic mass is 9.94. The van der Waals surface area contributed by atoms with Crippen molar-refractivity contribution >= 4 is 18.2 Å². The third-order valence-corrected chi connectivity index (χ3v) is 3.31. The molecule has 0 aromatic heterocycles. The summed E-state index contributed by atoms with van der Waals surface area (Å²) < 4.78 is 15.8. The van der Waals surface area contributed by atoms with Crippen LogP contribution in [-0.4, -0.2) is 46.4 Å². The van der Waals surface area contributed by atoms with Crippen molar-refractivity contribution in [1.29, 1.82) is 0 Å². The molecule has 2 amide bonds. The first-order chi connectivity index (χ1) is 11.3. The number of carbonyl (C=O) groups excluding carboxylic acids is 3. The maximum Gasteiger partial charge on any atom is 0.420 e. The van der Waals surface area contributed by atoms with E-state index in [9.17, 15) is 14.4 Å². The number of ether oxygens (including phenoxy) is 3. The van der Waals surface area contributed by atoms with Crippen LogP contribution in [0.1, 0.15) is 61.3 Å². The summed E-state index contributed by atoms with van der Waals surface area (Å²) in [4.78, 5) is 38.9. The van der Waals surface area contributed by atoms with Gasteiger partial charge in [-0.2, -0.15) is 4.90 Å². The van der Waals surface area contributed by atoms with E-state index in [2.05, 4.69) is 0 Å². The SMILES string of the molecule is CCOC(=O)C1(N(C(=O)OC(C)(C)C)C(=O)OC(C)(C)C)CC=CC1. The lowest BCUT2D eigenvalue weighted by molar-refractivity contribution is -0.156. The number of amides is 2. The molecule has 0 N–H and O–H groups in total. The molecule has 1 rings (SSSR count). The molecule has 0 unspecified atom stereocenters. The van der Waals surface area contributed by atoms with Crippen LogP contribution in [0.4, 0.5) is 9.59 Å². The van der Waals surface area contributed by atoms with E-state index < -0.39 is 34.9 Å². The first kappa shape index (κ1) is 21.0. The molecule has 0 atom stereocenters. The Morgan fingerprint density at radius 2 is 1.32 bits per heavy atom. The Morgan fingerprint density at radius 3 is 1.64 bits per heavy atom. The van der Waals surface area contributed by atoms with Crippen LogP contribution < -0.4 is 0 Å². The van der Waals surface area contributed by atoms with Gasteiger partial charge in [0.05, 0.1) is 6.61 Å². The summed E-state index contributed by atoms with van der Waals surface area (Å²) in [5, 5.41) is 0. The largest absolute Gasteiger partial charge is 0.464 e. The molecular weight excluding hydrogens is 326 g/mol. The predicted molar refractivity (Wildman–Crippen MR) is 92.0 cm³/mol. The van der Waals surface area contributed by atoms with Crippen molar-refractivity contribution in [3.05, 3.63) is 12.2 Å². The predicted octanol–water partition coefficient (Wildman–Crippen LogP) is 3.81. The van der Waals surface area contributed by atoms with Gasteiger partial charge >= 0.3 is 18.2 Å². The minimum Gasteiger partial charge on any atom is -0.464 e. The molecular formula is C18H29NO6. The number of carbonyl (C=O) groups is 3. The molecule has 0 aliphatic heterocycles. The molecule has 7 nitrogen and oxygen atoms in total. The molecule has 142 valence electrons. The quantitative estimate of drug-likeness (QED) is 0.435. The molecule has 25 heavy (non-hydrogen) atoms. The number of nitrogens with zero attached hydrogens (tertiary/aromatic N) is 1. The summed E-state index contributed by atoms with van der Waals surface area (Å²) in [5.74, 6) is -0.656. The van der Waals surface area contributed by atoms with Crippen LogP contribution in [0.3, 0.4) is 0 Å². The van der Waals surface area contributed by atoms with Gasteiger partial charge in [-0.1, -0.05) is 12.2 Å². The number of hydrogen-bond donors (Lipinski definition) is 0. The topological polar surface area (TPSA) is 82.1 Å². The van der Waals surface area contributed by atoms with Gasteiger partial charge in [0.15, 0.2) is 5.54 Å². The molecule has 0 radical (unpaired) electrons. The summed E-state index contributed by atoms with van der Waals surface area (Å²) >= 11 is 0. The van der Waals surface area contributed by atoms with E-state index in [-0.39, 0.29) is 19.4 Å². The standard InChI is InChI=1S/C18H29NO6/c1-8-23-13(20)18(11-9-10-12-18)19(14(21)24-16(2,3)4)15(22)25-17(5,6)7/h9-10H,8,11-12H2,1-7H3. The number of hydrogen-bond acceptors (Lipinski definition) is 6. The smallest absolute Gasteiger partial charge is 0.420 e. The van der Waals surface area contributed by atoms with E-state index in [1.165, 1.54) is 0 Å². The Morgan fingerprint density at radius 1 is 0.920 bits per heavy atom. The Hall–Kier alpha value is -2.05. The van der Waals surface area contributed by atoms with E-state index >= 15 is 0 Å². The van der Waals surface area contributed by atoms with Gasteiger partial charge in [-0.15, -0.1) is 0 Å². The molecule has 0 fully saturated rings. The van der Waals surface area contributed by atoms with Crippen LogP contribution in [0.2, 0.25) is 0 Å². The normalized spacial score (nSPS) is 16.3. The van der Waals surface area contributed by atoms with Crippen molar-refractivity contribution in [2.45, 2.75) is 78.0 Å². The second-order valence-corrected chi connectivity index (χ2v) is 7.93. The van der Waals surface area contributed by atoms with Crippen LogP contribution in [0.5, 0.6) is 0 Å². The van der Waals surface area contributed by atoms with Gasteiger partial charge < -0.3 is 14.2 Å². The van der Waals surface area contributed by atoms with Gasteiger partial charge in [-0.05, 0) is 48.5 Å². The summed E-state index contributed by atoms with van der Waals surface area (Å²) in [6, 6.07) is 0. The first-order valence-corrected chi connectivity index (χ1v) is 8.41. The number of esters is 1. The Bertz CT molecular complexity index is 517. The zero-order valence-corrected chi connectivity index (χ0v) is 16.2. The summed E-state index contributed by atoms with van der Waals surface area (Å²) in [6.45, 7) is 11.9. The lowest BCUT2D eigenvalue weighted by Gasteiger charge is -2.38. The van der Waals surface area contributed by atoms with E-state index in [1.54, 1.807) is 60.6 Å². The van der Waals surface area contributed by atoms with Crippen LogP contribution in [0.25, 0.3) is 0 Å². The highest BCUT2D eigenvalue weighted by Gasteiger charge is 2.54. The van der Waals surface area contributed by atoms with Gasteiger partial charge in [0.2, 0.25) is 0 Å². The van der Waals surface area contributed by atoms with Gasteiger partial charge in [-0.25, -0.2) is 14.4 Å². The summed E-state index contributed by atoms with van der Waals surface area (Å²) in [7, 11) is 0. The summed E-state index contributed by atoms with van der Waals surface area (Å²) in [6.07, 6.45) is 1.92. The minimum absolute atomic E-state index is 0.136. The third-order valence-electron chi connectivity index (χ3n) is 3.31. The zero-order valence-electron chi connectivity index (χ0n) is 16.2. The van der Waals surface area contributed by atoms with Crippen molar-refractivity contribution in [3.8, 4) is 0 Å². The van der Waals surface area contributed by atoms with Crippen LogP contribution >= 0.6 is 0 Å². The van der Waals surface area contributed by atoms with Gasteiger partial charge in [0, 0.05) is 12.8 Å². The molecule has 0 spiro atoms. The second-order valence-electron chi connectivity index (χ2n) is 7.93. The van der Waals surface area contributed by atoms with E-state index in [0.717, 1.165) is 4.90 Å². The fourth-order valence-electron chi connectivity index (χ4n) is 2.39. The molecule has 1 aliphatic rings. The van der Waals surface area contributed by atoms with Gasteiger partial charge in [-0.3, -0.25) is 0 Å². The minimum atomic E-state index is -1.49. The maximum atomic E-state index is 12.8. The van der Waals surface area contributed by atoms with Gasteiger partial charge in [0.1, 0.15) is 11.2 Å². The second kappa shape index (κ2) is 7.45. The van der Waals surface area contributed by atoms with Crippen molar-refractivity contribution in [2.24, 2.45) is 0 Å². The Kier molecular flexibility index (Phi) is 6.26. The van der Waals surface area contributed by atoms with E-state index in [4.69, 9.17) is 14.2 Å². The number of imide groups is 1. The zero-order chi connectivity index (χ0) is 19.5. The van der Waals surface area contributed by atoms with Crippen molar-refractivity contribution in [3.63, 3.8) is 0 Å². The summed E-state index contributed by atoms with van der Waals surface area (Å²) in [5.41, 5.74) is -3.15. The van der Waals surface area contributed by atoms with E-state index in [0.29, 0.717) is 0 Å². The average molecular weight is 355 g/mol. The molecule has 0 aromatic rings. The highest BCUT2D eigenvalue weighted by molar-refractivity contribution is 5.97. The van der Waals surface area contributed by atoms with E-state index in [1.807, 2.05) is 0 Å². The molecule has 1 aliphatic carbocycles. The average Bonchev–Trinajstić information content (AvgIpc) is 2.85. The van der Waals surface area contributed by atoms with Crippen LogP contribution in [0.15, 0.2) is 12.2 Å². The first-order valence-electron chi connectivity index (χ1n) is 8.41. The van der Waals surface area contributed by atoms with Crippen LogP contribution in [0, 0.1) is 0 Å². The molecule has 0 heterocycles. The highest BCUT2D eigenvalue weighted by Crippen LogP contribution is 2.34. The highest BCUT2D eigenvalue weighted by atomic mass is 16.6. The molecule has 0 bridgehead atoms. The van der Waals surface area contributed by atoms with Gasteiger partial charge in [0.25, 0.3) is 0 Å². The van der Waals surface area contributed by atoms with Crippen molar-refractivity contribution in [1.82, 2.24) is 4.90 Å². The monoisotopic (exact) mass is 355 g/mol. The lowest BCUT2D eigenvalue weighted by Crippen LogP contribution is -2.60. The maximum absolute atomic E-state index is 12.8. The Balaban J connectivity index is 3.29. The van der Waals surface area contributed by atoms with Crippen molar-refractivity contribution in [2.75, 3.05) is 6.61 Å². The molecule has 0 aromatic carbocycles. The fourth-order valence-corrected chi connectivity index (χ4v) is 2.39. The number of rotatable bonds is 3. The van der Waals surface area contributed by atoms with Crippen LogP contribution in [-0.2, 0) is 19.0 Å². The molecule has 0 saturated heterocycles. The van der Waals surface area contributed by atoms with Crippen molar-refractivity contribution < 1.29 is 28.6 Å². The third kappa shape index (κ3) is 5.47. The molecule has 0 saturated carbocycles. The Labute approximate surface area is 149 Å². The fraction of sp³-hybridized carbons (Fsp3) is 0.722. The molecule has 7 heteroatoms.